The second kappa shape index (κ2) is 5.02. The third-order valence-electron chi connectivity index (χ3n) is 1.63. The highest BCUT2D eigenvalue weighted by Crippen LogP contribution is 2.20. The Balaban J connectivity index is 2.81. The predicted molar refractivity (Wildman–Crippen MR) is 55.0 cm³/mol. The Labute approximate surface area is 86.0 Å². The summed E-state index contributed by atoms with van der Waals surface area (Å²) in [6.45, 7) is 1.78. The standard InChI is InChI=1S/C10H11BrO2/c1-2-10(12)13-9-6-4-3-5-8(9)7-11/h3-6H,2,7H2,1H3. The van der Waals surface area contributed by atoms with Crippen molar-refractivity contribution in [2.75, 3.05) is 0 Å². The van der Waals surface area contributed by atoms with E-state index >= 15 is 0 Å². The van der Waals surface area contributed by atoms with Crippen molar-refractivity contribution in [1.29, 1.82) is 0 Å². The van der Waals surface area contributed by atoms with Gasteiger partial charge < -0.3 is 4.74 Å². The molecule has 0 bridgehead atoms. The average Bonchev–Trinajstić information content (AvgIpc) is 2.18. The predicted octanol–water partition coefficient (Wildman–Crippen LogP) is 2.90. The Kier molecular flexibility index (Phi) is 3.96. The first-order chi connectivity index (χ1) is 6.27. The first kappa shape index (κ1) is 10.3. The smallest absolute Gasteiger partial charge is 0.310 e. The molecule has 0 aliphatic heterocycles. The number of hydrogen-bond acceptors (Lipinski definition) is 2. The van der Waals surface area contributed by atoms with Crippen molar-refractivity contribution in [3.8, 4) is 5.75 Å². The number of hydrogen-bond donors (Lipinski definition) is 0. The van der Waals surface area contributed by atoms with E-state index in [9.17, 15) is 4.79 Å². The Morgan fingerprint density at radius 1 is 1.46 bits per heavy atom. The molecule has 0 aliphatic carbocycles. The van der Waals surface area contributed by atoms with Gasteiger partial charge in [0.15, 0.2) is 0 Å². The van der Waals surface area contributed by atoms with Crippen LogP contribution < -0.4 is 4.74 Å². The molecule has 0 atom stereocenters. The second-order valence-electron chi connectivity index (χ2n) is 2.57. The molecule has 13 heavy (non-hydrogen) atoms. The topological polar surface area (TPSA) is 26.3 Å². The highest BCUT2D eigenvalue weighted by atomic mass is 79.9. The second-order valence-corrected chi connectivity index (χ2v) is 3.13. The summed E-state index contributed by atoms with van der Waals surface area (Å²) in [6, 6.07) is 7.49. The molecule has 0 unspecified atom stereocenters. The average molecular weight is 243 g/mol. The van der Waals surface area contributed by atoms with Crippen molar-refractivity contribution in [1.82, 2.24) is 0 Å². The Bertz CT molecular complexity index is 297. The molecule has 0 fully saturated rings. The quantitative estimate of drug-likeness (QED) is 0.463. The number of para-hydroxylation sites is 1. The molecule has 2 nitrogen and oxygen atoms in total. The summed E-state index contributed by atoms with van der Waals surface area (Å²) in [5, 5.41) is 0.695. The number of carbonyl (C=O) groups is 1. The molecule has 70 valence electrons. The Hall–Kier alpha value is -0.830. The molecular formula is C10H11BrO2. The minimum absolute atomic E-state index is 0.201. The van der Waals surface area contributed by atoms with Gasteiger partial charge in [-0.25, -0.2) is 0 Å². The van der Waals surface area contributed by atoms with Gasteiger partial charge in [-0.1, -0.05) is 41.1 Å². The van der Waals surface area contributed by atoms with Crippen molar-refractivity contribution in [3.05, 3.63) is 29.8 Å². The molecule has 1 aromatic carbocycles. The van der Waals surface area contributed by atoms with Gasteiger partial charge in [0, 0.05) is 17.3 Å². The molecule has 0 spiro atoms. The van der Waals surface area contributed by atoms with E-state index in [-0.39, 0.29) is 5.97 Å². The maximum absolute atomic E-state index is 11.0. The van der Waals surface area contributed by atoms with Crippen LogP contribution in [0.2, 0.25) is 0 Å². The first-order valence-corrected chi connectivity index (χ1v) is 5.24. The Morgan fingerprint density at radius 2 is 2.15 bits per heavy atom. The summed E-state index contributed by atoms with van der Waals surface area (Å²) in [7, 11) is 0. The van der Waals surface area contributed by atoms with Crippen LogP contribution >= 0.6 is 15.9 Å². The van der Waals surface area contributed by atoms with Gasteiger partial charge in [0.1, 0.15) is 5.75 Å². The minimum atomic E-state index is -0.201. The lowest BCUT2D eigenvalue weighted by atomic mass is 10.2. The maximum atomic E-state index is 11.0. The molecule has 0 aliphatic rings. The fourth-order valence-electron chi connectivity index (χ4n) is 0.909. The molecule has 0 saturated carbocycles. The normalized spacial score (nSPS) is 9.69. The van der Waals surface area contributed by atoms with Crippen molar-refractivity contribution in [2.45, 2.75) is 18.7 Å². The summed E-state index contributed by atoms with van der Waals surface area (Å²) in [5.74, 6) is 0.444. The van der Waals surface area contributed by atoms with Gasteiger partial charge in [0.2, 0.25) is 0 Å². The van der Waals surface area contributed by atoms with Crippen molar-refractivity contribution < 1.29 is 9.53 Å². The van der Waals surface area contributed by atoms with E-state index < -0.39 is 0 Å². The lowest BCUT2D eigenvalue weighted by Gasteiger charge is -2.06. The van der Waals surface area contributed by atoms with E-state index in [4.69, 9.17) is 4.74 Å². The number of alkyl halides is 1. The van der Waals surface area contributed by atoms with Crippen LogP contribution in [-0.2, 0) is 10.1 Å². The molecule has 0 heterocycles. The van der Waals surface area contributed by atoms with E-state index in [0.717, 1.165) is 5.56 Å². The van der Waals surface area contributed by atoms with Crippen LogP contribution in [0.15, 0.2) is 24.3 Å². The van der Waals surface area contributed by atoms with Crippen LogP contribution in [0.25, 0.3) is 0 Å². The largest absolute Gasteiger partial charge is 0.426 e. The molecule has 0 N–H and O–H groups in total. The molecule has 0 amide bonds. The lowest BCUT2D eigenvalue weighted by Crippen LogP contribution is -2.06. The highest BCUT2D eigenvalue weighted by molar-refractivity contribution is 9.08. The zero-order valence-electron chi connectivity index (χ0n) is 7.42. The van der Waals surface area contributed by atoms with Crippen molar-refractivity contribution in [2.24, 2.45) is 0 Å². The van der Waals surface area contributed by atoms with E-state index in [1.807, 2.05) is 18.2 Å². The SMILES string of the molecule is CCC(=O)Oc1ccccc1CBr. The minimum Gasteiger partial charge on any atom is -0.426 e. The van der Waals surface area contributed by atoms with Crippen LogP contribution in [0, 0.1) is 0 Å². The third kappa shape index (κ3) is 2.84. The van der Waals surface area contributed by atoms with Gasteiger partial charge in [-0.2, -0.15) is 0 Å². The van der Waals surface area contributed by atoms with Crippen LogP contribution in [0.3, 0.4) is 0 Å². The number of rotatable bonds is 3. The third-order valence-corrected chi connectivity index (χ3v) is 2.23. The summed E-state index contributed by atoms with van der Waals surface area (Å²) < 4.78 is 5.12. The van der Waals surface area contributed by atoms with Gasteiger partial charge in [0.25, 0.3) is 0 Å². The zero-order valence-corrected chi connectivity index (χ0v) is 9.00. The molecule has 0 saturated heterocycles. The van der Waals surface area contributed by atoms with Gasteiger partial charge in [0.05, 0.1) is 0 Å². The maximum Gasteiger partial charge on any atom is 0.310 e. The zero-order chi connectivity index (χ0) is 9.68. The molecule has 1 aromatic rings. The molecular weight excluding hydrogens is 232 g/mol. The summed E-state index contributed by atoms with van der Waals surface area (Å²) in [6.07, 6.45) is 0.399. The summed E-state index contributed by atoms with van der Waals surface area (Å²) >= 11 is 3.33. The Morgan fingerprint density at radius 3 is 2.77 bits per heavy atom. The molecule has 0 aromatic heterocycles. The summed E-state index contributed by atoms with van der Waals surface area (Å²) in [5.41, 5.74) is 0.990. The van der Waals surface area contributed by atoms with Gasteiger partial charge in [-0.3, -0.25) is 4.79 Å². The van der Waals surface area contributed by atoms with Crippen molar-refractivity contribution in [3.63, 3.8) is 0 Å². The number of carbonyl (C=O) groups excluding carboxylic acids is 1. The molecule has 0 radical (unpaired) electrons. The fraction of sp³-hybridized carbons (Fsp3) is 0.300. The van der Waals surface area contributed by atoms with Crippen LogP contribution in [0.4, 0.5) is 0 Å². The summed E-state index contributed by atoms with van der Waals surface area (Å²) in [4.78, 5) is 11.0. The van der Waals surface area contributed by atoms with E-state index in [1.54, 1.807) is 13.0 Å². The van der Waals surface area contributed by atoms with Crippen LogP contribution in [-0.4, -0.2) is 5.97 Å². The first-order valence-electron chi connectivity index (χ1n) is 4.12. The number of ether oxygens (including phenoxy) is 1. The molecule has 3 heteroatoms. The van der Waals surface area contributed by atoms with E-state index in [1.165, 1.54) is 0 Å². The number of halogens is 1. The van der Waals surface area contributed by atoms with Crippen LogP contribution in [0.1, 0.15) is 18.9 Å². The lowest BCUT2D eigenvalue weighted by molar-refractivity contribution is -0.134. The van der Waals surface area contributed by atoms with E-state index in [0.29, 0.717) is 17.5 Å². The fourth-order valence-corrected chi connectivity index (χ4v) is 1.37. The molecule has 1 rings (SSSR count). The van der Waals surface area contributed by atoms with E-state index in [2.05, 4.69) is 15.9 Å². The van der Waals surface area contributed by atoms with Crippen molar-refractivity contribution >= 4 is 21.9 Å². The van der Waals surface area contributed by atoms with Gasteiger partial charge in [-0.05, 0) is 6.07 Å². The number of esters is 1. The van der Waals surface area contributed by atoms with Crippen LogP contribution in [0.5, 0.6) is 5.75 Å². The number of benzene rings is 1. The highest BCUT2D eigenvalue weighted by Gasteiger charge is 2.05. The van der Waals surface area contributed by atoms with Gasteiger partial charge in [-0.15, -0.1) is 0 Å². The van der Waals surface area contributed by atoms with Gasteiger partial charge >= 0.3 is 5.97 Å². The monoisotopic (exact) mass is 242 g/mol.